The SMILES string of the molecule is CCCCCCC/C=C\CCCCCCCC(=O)OCCCCCCCCCCCCCCCCCCCCCCC(=O)NC(CO)C(O)CCCCCCCCCCCCCCCCC. The number of nitrogens with one attached hydrogen (secondary N) is 1. The lowest BCUT2D eigenvalue weighted by Crippen LogP contribution is -2.45. The third-order valence-corrected chi connectivity index (χ3v) is 14.1. The van der Waals surface area contributed by atoms with E-state index in [4.69, 9.17) is 4.74 Å². The molecule has 2 unspecified atom stereocenters. The summed E-state index contributed by atoms with van der Waals surface area (Å²) in [6, 6.07) is -0.542. The number of aliphatic hydroxyl groups is 2. The highest BCUT2D eigenvalue weighted by Crippen LogP contribution is 2.18. The van der Waals surface area contributed by atoms with Crippen LogP contribution in [-0.4, -0.2) is 47.4 Å². The predicted molar refractivity (Wildman–Crippen MR) is 287 cm³/mol. The van der Waals surface area contributed by atoms with Crippen LogP contribution in [0.2, 0.25) is 0 Å². The second-order valence-corrected chi connectivity index (χ2v) is 20.7. The molecule has 0 saturated carbocycles. The van der Waals surface area contributed by atoms with Gasteiger partial charge in [-0.2, -0.15) is 0 Å². The molecule has 3 N–H and O–H groups in total. The minimum atomic E-state index is -0.665. The minimum absolute atomic E-state index is 0.00269. The van der Waals surface area contributed by atoms with Gasteiger partial charge in [-0.05, 0) is 51.4 Å². The molecule has 0 saturated heterocycles. The third kappa shape index (κ3) is 52.0. The van der Waals surface area contributed by atoms with Gasteiger partial charge >= 0.3 is 5.97 Å². The van der Waals surface area contributed by atoms with Gasteiger partial charge < -0.3 is 20.3 Å². The van der Waals surface area contributed by atoms with Gasteiger partial charge in [-0.1, -0.05) is 283 Å². The number of amides is 1. The largest absolute Gasteiger partial charge is 0.466 e. The first-order valence-electron chi connectivity index (χ1n) is 29.9. The van der Waals surface area contributed by atoms with Gasteiger partial charge in [0.1, 0.15) is 0 Å². The van der Waals surface area contributed by atoms with Crippen LogP contribution in [0.3, 0.4) is 0 Å². The first kappa shape index (κ1) is 64.6. The van der Waals surface area contributed by atoms with E-state index in [-0.39, 0.29) is 18.5 Å². The lowest BCUT2D eigenvalue weighted by Gasteiger charge is -2.22. The summed E-state index contributed by atoms with van der Waals surface area (Å²) in [7, 11) is 0. The highest BCUT2D eigenvalue weighted by atomic mass is 16.5. The van der Waals surface area contributed by atoms with Gasteiger partial charge in [0.2, 0.25) is 5.91 Å². The molecule has 66 heavy (non-hydrogen) atoms. The number of aliphatic hydroxyl groups excluding tert-OH is 2. The van der Waals surface area contributed by atoms with Crippen molar-refractivity contribution in [1.82, 2.24) is 5.32 Å². The van der Waals surface area contributed by atoms with Crippen LogP contribution in [0.5, 0.6) is 0 Å². The van der Waals surface area contributed by atoms with Gasteiger partial charge in [-0.15, -0.1) is 0 Å². The van der Waals surface area contributed by atoms with Crippen LogP contribution in [0.15, 0.2) is 12.2 Å². The Morgan fingerprint density at radius 1 is 0.409 bits per heavy atom. The maximum Gasteiger partial charge on any atom is 0.305 e. The smallest absolute Gasteiger partial charge is 0.305 e. The van der Waals surface area contributed by atoms with Crippen molar-refractivity contribution in [3.05, 3.63) is 12.2 Å². The highest BCUT2D eigenvalue weighted by molar-refractivity contribution is 5.76. The third-order valence-electron chi connectivity index (χ3n) is 14.1. The zero-order chi connectivity index (χ0) is 47.9. The molecule has 6 heteroatoms. The van der Waals surface area contributed by atoms with E-state index >= 15 is 0 Å². The van der Waals surface area contributed by atoms with Crippen molar-refractivity contribution in [2.45, 2.75) is 347 Å². The number of carbonyl (C=O) groups is 2. The Bertz CT molecular complexity index is 986. The maximum atomic E-state index is 12.5. The summed E-state index contributed by atoms with van der Waals surface area (Å²) in [5.74, 6) is -0.0320. The molecule has 0 radical (unpaired) electrons. The van der Waals surface area contributed by atoms with Crippen molar-refractivity contribution >= 4 is 11.9 Å². The van der Waals surface area contributed by atoms with Crippen LogP contribution in [0.1, 0.15) is 335 Å². The van der Waals surface area contributed by atoms with E-state index < -0.39 is 12.1 Å². The first-order chi connectivity index (χ1) is 32.5. The second-order valence-electron chi connectivity index (χ2n) is 20.7. The maximum absolute atomic E-state index is 12.5. The summed E-state index contributed by atoms with van der Waals surface area (Å²) in [6.07, 6.45) is 66.3. The topological polar surface area (TPSA) is 95.9 Å². The monoisotopic (exact) mass is 932 g/mol. The summed E-state index contributed by atoms with van der Waals surface area (Å²) in [5, 5.41) is 23.3. The fourth-order valence-corrected chi connectivity index (χ4v) is 9.46. The number of allylic oxidation sites excluding steroid dienone is 2. The Hall–Kier alpha value is -1.40. The molecule has 392 valence electrons. The molecule has 0 bridgehead atoms. The summed E-state index contributed by atoms with van der Waals surface area (Å²) < 4.78 is 5.47. The van der Waals surface area contributed by atoms with Crippen molar-refractivity contribution in [3.63, 3.8) is 0 Å². The molecule has 0 aromatic carbocycles. The molecule has 0 aliphatic rings. The Kier molecular flexibility index (Phi) is 55.0. The molecular formula is C60H117NO5. The summed E-state index contributed by atoms with van der Waals surface area (Å²) in [6.45, 7) is 4.96. The predicted octanol–water partition coefficient (Wildman–Crippen LogP) is 18.5. The lowest BCUT2D eigenvalue weighted by molar-refractivity contribution is -0.143. The van der Waals surface area contributed by atoms with E-state index in [2.05, 4.69) is 31.3 Å². The van der Waals surface area contributed by atoms with E-state index in [0.717, 1.165) is 44.9 Å². The number of carbonyl (C=O) groups excluding carboxylic acids is 2. The lowest BCUT2D eigenvalue weighted by atomic mass is 10.0. The Labute approximate surface area is 412 Å². The van der Waals surface area contributed by atoms with Crippen molar-refractivity contribution in [3.8, 4) is 0 Å². The fraction of sp³-hybridized carbons (Fsp3) is 0.933. The van der Waals surface area contributed by atoms with Gasteiger partial charge in [0.25, 0.3) is 0 Å². The molecular weight excluding hydrogens is 815 g/mol. The van der Waals surface area contributed by atoms with E-state index in [0.29, 0.717) is 25.9 Å². The second kappa shape index (κ2) is 56.2. The van der Waals surface area contributed by atoms with Crippen LogP contribution in [0, 0.1) is 0 Å². The molecule has 0 aliphatic heterocycles. The van der Waals surface area contributed by atoms with Gasteiger partial charge in [0.15, 0.2) is 0 Å². The molecule has 6 nitrogen and oxygen atoms in total. The Morgan fingerprint density at radius 2 is 0.712 bits per heavy atom. The van der Waals surface area contributed by atoms with Gasteiger partial charge in [-0.25, -0.2) is 0 Å². The van der Waals surface area contributed by atoms with E-state index in [9.17, 15) is 19.8 Å². The summed E-state index contributed by atoms with van der Waals surface area (Å²) in [4.78, 5) is 24.5. The summed E-state index contributed by atoms with van der Waals surface area (Å²) >= 11 is 0. The van der Waals surface area contributed by atoms with E-state index in [1.807, 2.05) is 0 Å². The molecule has 0 aromatic heterocycles. The number of rotatable bonds is 56. The van der Waals surface area contributed by atoms with Crippen LogP contribution in [-0.2, 0) is 14.3 Å². The van der Waals surface area contributed by atoms with E-state index in [1.54, 1.807) is 0 Å². The quantitative estimate of drug-likeness (QED) is 0.0321. The number of esters is 1. The normalized spacial score (nSPS) is 12.6. The Morgan fingerprint density at radius 3 is 1.08 bits per heavy atom. The van der Waals surface area contributed by atoms with Crippen molar-refractivity contribution in [1.29, 1.82) is 0 Å². The van der Waals surface area contributed by atoms with Crippen LogP contribution >= 0.6 is 0 Å². The number of hydrogen-bond acceptors (Lipinski definition) is 5. The van der Waals surface area contributed by atoms with Crippen molar-refractivity contribution < 1.29 is 24.5 Å². The average Bonchev–Trinajstić information content (AvgIpc) is 3.32. The standard InChI is InChI=1S/C60H117NO5/c1-3-5-7-9-11-13-15-17-25-28-32-36-40-44-48-52-58(63)57(56-62)61-59(64)53-49-45-41-37-33-29-26-23-21-19-20-22-24-27-31-35-39-43-47-51-55-66-60(65)54-50-46-42-38-34-30-18-16-14-12-10-8-6-4-2/h16,18,57-58,62-63H,3-15,17,19-56H2,1-2H3,(H,61,64)/b18-16-. The highest BCUT2D eigenvalue weighted by Gasteiger charge is 2.20. The molecule has 0 aliphatic carbocycles. The molecule has 0 fully saturated rings. The first-order valence-corrected chi connectivity index (χ1v) is 29.9. The zero-order valence-electron chi connectivity index (χ0n) is 44.7. The molecule has 2 atom stereocenters. The van der Waals surface area contributed by atoms with Crippen LogP contribution in [0.4, 0.5) is 0 Å². The zero-order valence-corrected chi connectivity index (χ0v) is 44.7. The molecule has 0 rings (SSSR count). The molecule has 1 amide bonds. The number of unbranched alkanes of at least 4 members (excludes halogenated alkanes) is 43. The molecule has 0 spiro atoms. The van der Waals surface area contributed by atoms with E-state index in [1.165, 1.54) is 257 Å². The molecule has 0 heterocycles. The fourth-order valence-electron chi connectivity index (χ4n) is 9.46. The summed E-state index contributed by atoms with van der Waals surface area (Å²) in [5.41, 5.74) is 0. The van der Waals surface area contributed by atoms with Crippen LogP contribution < -0.4 is 5.32 Å². The molecule has 0 aromatic rings. The van der Waals surface area contributed by atoms with Crippen molar-refractivity contribution in [2.75, 3.05) is 13.2 Å². The average molecular weight is 933 g/mol. The minimum Gasteiger partial charge on any atom is -0.466 e. The number of hydrogen-bond donors (Lipinski definition) is 3. The van der Waals surface area contributed by atoms with Crippen LogP contribution in [0.25, 0.3) is 0 Å². The van der Waals surface area contributed by atoms with Gasteiger partial charge in [-0.3, -0.25) is 9.59 Å². The van der Waals surface area contributed by atoms with Gasteiger partial charge in [0, 0.05) is 12.8 Å². The van der Waals surface area contributed by atoms with Gasteiger partial charge in [0.05, 0.1) is 25.4 Å². The number of ether oxygens (including phenoxy) is 1. The van der Waals surface area contributed by atoms with Crippen molar-refractivity contribution in [2.24, 2.45) is 0 Å². The Balaban J connectivity index is 3.38.